The monoisotopic (exact) mass is 385 g/mol. The second-order valence-corrected chi connectivity index (χ2v) is 5.87. The lowest BCUT2D eigenvalue weighted by atomic mass is 10.1. The van der Waals surface area contributed by atoms with Crippen molar-refractivity contribution in [1.82, 2.24) is 9.88 Å². The third-order valence-corrected chi connectivity index (χ3v) is 3.81. The van der Waals surface area contributed by atoms with Crippen molar-refractivity contribution in [2.75, 3.05) is 18.5 Å². The van der Waals surface area contributed by atoms with E-state index in [9.17, 15) is 4.79 Å². The van der Waals surface area contributed by atoms with E-state index in [0.717, 1.165) is 34.6 Å². The van der Waals surface area contributed by atoms with Crippen LogP contribution in [0.5, 0.6) is 5.75 Å². The van der Waals surface area contributed by atoms with E-state index in [1.165, 1.54) is 0 Å². The van der Waals surface area contributed by atoms with Crippen LogP contribution in [0.3, 0.4) is 0 Å². The van der Waals surface area contributed by atoms with E-state index in [1.807, 2.05) is 31.4 Å². The molecule has 1 aliphatic rings. The normalized spacial score (nSPS) is 13.4. The Morgan fingerprint density at radius 3 is 2.95 bits per heavy atom. The topological polar surface area (TPSA) is 55.3 Å². The molecule has 0 aliphatic carbocycles. The maximum atomic E-state index is 12.3. The second-order valence-electron chi connectivity index (χ2n) is 4.96. The molecule has 7 heteroatoms. The van der Waals surface area contributed by atoms with Crippen molar-refractivity contribution in [1.29, 1.82) is 0 Å². The fourth-order valence-electron chi connectivity index (χ4n) is 2.34. The number of carbonyl (C=O) groups excluding carboxylic acids is 1. The fraction of sp³-hybridized carbons (Fsp3) is 0.267. The molecular weight excluding hydrogens is 370 g/mol. The summed E-state index contributed by atoms with van der Waals surface area (Å²) >= 11 is 3.37. The van der Waals surface area contributed by atoms with Gasteiger partial charge in [0.2, 0.25) is 0 Å². The van der Waals surface area contributed by atoms with Gasteiger partial charge in [-0.2, -0.15) is 0 Å². The molecular formula is C15H17BrClN3O2. The van der Waals surface area contributed by atoms with Crippen LogP contribution in [0.2, 0.25) is 0 Å². The number of aryl methyl sites for hydroxylation is 1. The summed E-state index contributed by atoms with van der Waals surface area (Å²) < 4.78 is 8.30. The van der Waals surface area contributed by atoms with E-state index in [1.54, 1.807) is 10.6 Å². The van der Waals surface area contributed by atoms with Gasteiger partial charge in [0.05, 0.1) is 0 Å². The molecule has 0 saturated carbocycles. The molecule has 1 aromatic carbocycles. The van der Waals surface area contributed by atoms with Gasteiger partial charge >= 0.3 is 0 Å². The first-order valence-electron chi connectivity index (χ1n) is 6.73. The van der Waals surface area contributed by atoms with Gasteiger partial charge in [-0.15, -0.1) is 12.4 Å². The third-order valence-electron chi connectivity index (χ3n) is 3.37. The summed E-state index contributed by atoms with van der Waals surface area (Å²) in [6, 6.07) is 7.51. The quantitative estimate of drug-likeness (QED) is 0.834. The highest BCUT2D eigenvalue weighted by molar-refractivity contribution is 9.10. The van der Waals surface area contributed by atoms with Crippen molar-refractivity contribution in [2.24, 2.45) is 7.05 Å². The van der Waals surface area contributed by atoms with E-state index >= 15 is 0 Å². The highest BCUT2D eigenvalue weighted by Gasteiger charge is 2.13. The number of nitrogens with one attached hydrogen (secondary N) is 2. The van der Waals surface area contributed by atoms with Gasteiger partial charge in [0, 0.05) is 42.1 Å². The number of hydrogen-bond acceptors (Lipinski definition) is 3. The molecule has 1 aromatic heterocycles. The smallest absolute Gasteiger partial charge is 0.272 e. The fourth-order valence-corrected chi connectivity index (χ4v) is 2.86. The first-order valence-corrected chi connectivity index (χ1v) is 7.52. The SMILES string of the molecule is Cl.Cn1cc(Br)cc1C(=O)Nc1ccc2c(c1)CNCCO2. The molecule has 118 valence electrons. The van der Waals surface area contributed by atoms with Crippen LogP contribution in [-0.2, 0) is 13.6 Å². The van der Waals surface area contributed by atoms with E-state index in [-0.39, 0.29) is 18.3 Å². The summed E-state index contributed by atoms with van der Waals surface area (Å²) in [6.45, 7) is 2.23. The molecule has 0 bridgehead atoms. The van der Waals surface area contributed by atoms with Gasteiger partial charge in [-0.1, -0.05) is 0 Å². The molecule has 0 atom stereocenters. The number of anilines is 1. The lowest BCUT2D eigenvalue weighted by Crippen LogP contribution is -2.16. The van der Waals surface area contributed by atoms with Crippen LogP contribution in [0.15, 0.2) is 34.9 Å². The lowest BCUT2D eigenvalue weighted by molar-refractivity contribution is 0.101. The van der Waals surface area contributed by atoms with Crippen molar-refractivity contribution in [3.63, 3.8) is 0 Å². The number of fused-ring (bicyclic) bond motifs is 1. The number of nitrogens with zero attached hydrogens (tertiary/aromatic N) is 1. The molecule has 2 heterocycles. The predicted molar refractivity (Wildman–Crippen MR) is 92.0 cm³/mol. The van der Waals surface area contributed by atoms with Crippen molar-refractivity contribution in [3.05, 3.63) is 46.2 Å². The van der Waals surface area contributed by atoms with Crippen molar-refractivity contribution < 1.29 is 9.53 Å². The number of halogens is 2. The zero-order valence-corrected chi connectivity index (χ0v) is 14.5. The molecule has 5 nitrogen and oxygen atoms in total. The summed E-state index contributed by atoms with van der Waals surface area (Å²) in [4.78, 5) is 12.3. The highest BCUT2D eigenvalue weighted by Crippen LogP contribution is 2.24. The van der Waals surface area contributed by atoms with Crippen molar-refractivity contribution in [2.45, 2.75) is 6.54 Å². The van der Waals surface area contributed by atoms with Crippen LogP contribution >= 0.6 is 28.3 Å². The Hall–Kier alpha value is -1.50. The summed E-state index contributed by atoms with van der Waals surface area (Å²) in [5, 5.41) is 6.20. The first-order chi connectivity index (χ1) is 10.1. The van der Waals surface area contributed by atoms with Gasteiger partial charge in [-0.05, 0) is 40.2 Å². The Morgan fingerprint density at radius 1 is 1.41 bits per heavy atom. The molecule has 2 aromatic rings. The van der Waals surface area contributed by atoms with Gasteiger partial charge in [0.15, 0.2) is 0 Å². The van der Waals surface area contributed by atoms with E-state index < -0.39 is 0 Å². The molecule has 1 amide bonds. The van der Waals surface area contributed by atoms with Crippen LogP contribution in [0.4, 0.5) is 5.69 Å². The van der Waals surface area contributed by atoms with Gasteiger partial charge in [0.1, 0.15) is 18.1 Å². The Morgan fingerprint density at radius 2 is 2.23 bits per heavy atom. The largest absolute Gasteiger partial charge is 0.492 e. The maximum absolute atomic E-state index is 12.3. The molecule has 0 saturated heterocycles. The van der Waals surface area contributed by atoms with Gasteiger partial charge in [-0.3, -0.25) is 4.79 Å². The molecule has 3 rings (SSSR count). The third kappa shape index (κ3) is 3.63. The molecule has 2 N–H and O–H groups in total. The molecule has 22 heavy (non-hydrogen) atoms. The van der Waals surface area contributed by atoms with Crippen molar-refractivity contribution >= 4 is 39.9 Å². The number of benzene rings is 1. The number of rotatable bonds is 2. The minimum Gasteiger partial charge on any atom is -0.492 e. The van der Waals surface area contributed by atoms with Crippen LogP contribution in [0.1, 0.15) is 16.1 Å². The van der Waals surface area contributed by atoms with E-state index in [0.29, 0.717) is 12.3 Å². The van der Waals surface area contributed by atoms with Crippen LogP contribution in [0.25, 0.3) is 0 Å². The summed E-state index contributed by atoms with van der Waals surface area (Å²) in [7, 11) is 1.84. The summed E-state index contributed by atoms with van der Waals surface area (Å²) in [5.41, 5.74) is 2.42. The van der Waals surface area contributed by atoms with E-state index in [2.05, 4.69) is 26.6 Å². The zero-order valence-electron chi connectivity index (χ0n) is 12.1. The summed E-state index contributed by atoms with van der Waals surface area (Å²) in [5.74, 6) is 0.741. The van der Waals surface area contributed by atoms with E-state index in [4.69, 9.17) is 4.74 Å². The standard InChI is InChI=1S/C15H16BrN3O2.ClH/c1-19-9-11(16)7-13(19)15(20)18-12-2-3-14-10(6-12)8-17-4-5-21-14;/h2-3,6-7,9,17H,4-5,8H2,1H3,(H,18,20);1H. The molecule has 0 unspecified atom stereocenters. The lowest BCUT2D eigenvalue weighted by Gasteiger charge is -2.10. The average Bonchev–Trinajstić information content (AvgIpc) is 2.66. The Kier molecular flexibility index (Phi) is 5.50. The molecule has 0 fully saturated rings. The zero-order chi connectivity index (χ0) is 14.8. The highest BCUT2D eigenvalue weighted by atomic mass is 79.9. The van der Waals surface area contributed by atoms with Crippen LogP contribution in [-0.4, -0.2) is 23.6 Å². The number of amides is 1. The number of hydrogen-bond donors (Lipinski definition) is 2. The first kappa shape index (κ1) is 16.9. The molecule has 0 radical (unpaired) electrons. The second kappa shape index (κ2) is 7.17. The number of ether oxygens (including phenoxy) is 1. The predicted octanol–water partition coefficient (Wildman–Crippen LogP) is 2.94. The molecule has 1 aliphatic heterocycles. The average molecular weight is 387 g/mol. The minimum atomic E-state index is -0.134. The van der Waals surface area contributed by atoms with Crippen molar-refractivity contribution in [3.8, 4) is 5.75 Å². The Labute approximate surface area is 143 Å². The Balaban J connectivity index is 0.00000176. The summed E-state index contributed by atoms with van der Waals surface area (Å²) in [6.07, 6.45) is 1.85. The van der Waals surface area contributed by atoms with Crippen LogP contribution < -0.4 is 15.4 Å². The number of aromatic nitrogens is 1. The minimum absolute atomic E-state index is 0. The number of carbonyl (C=O) groups is 1. The van der Waals surface area contributed by atoms with Gasteiger partial charge in [0.25, 0.3) is 5.91 Å². The molecule has 0 spiro atoms. The van der Waals surface area contributed by atoms with Gasteiger partial charge < -0.3 is 19.9 Å². The van der Waals surface area contributed by atoms with Gasteiger partial charge in [-0.25, -0.2) is 0 Å². The Bertz CT molecular complexity index is 687. The maximum Gasteiger partial charge on any atom is 0.272 e. The van der Waals surface area contributed by atoms with Crippen LogP contribution in [0, 0.1) is 0 Å².